The Balaban J connectivity index is 3.04. The number of halogens is 1. The lowest BCUT2D eigenvalue weighted by atomic mass is 9.97. The lowest BCUT2D eigenvalue weighted by molar-refractivity contribution is 0.398. The fourth-order valence-corrected chi connectivity index (χ4v) is 4.33. The van der Waals surface area contributed by atoms with Gasteiger partial charge in [0.25, 0.3) is 0 Å². The molecule has 0 bridgehead atoms. The number of aryl methyl sites for hydroxylation is 1. The number of hydrogen-bond acceptors (Lipinski definition) is 2. The summed E-state index contributed by atoms with van der Waals surface area (Å²) in [5.41, 5.74) is 0.635. The Morgan fingerprint density at radius 2 is 1.67 bits per heavy atom. The van der Waals surface area contributed by atoms with Crippen LogP contribution in [0.5, 0.6) is 0 Å². The molecule has 0 heterocycles. The van der Waals surface area contributed by atoms with Crippen LogP contribution in [0, 0.1) is 6.92 Å². The third-order valence-electron chi connectivity index (χ3n) is 3.29. The number of benzene rings is 1. The maximum Gasteiger partial charge on any atom is 0.241 e. The van der Waals surface area contributed by atoms with Crippen LogP contribution in [-0.4, -0.2) is 19.3 Å². The summed E-state index contributed by atoms with van der Waals surface area (Å²) in [4.78, 5) is 0.320. The molecule has 3 nitrogen and oxygen atoms in total. The molecule has 0 aliphatic carbocycles. The maximum atomic E-state index is 12.3. The second-order valence-corrected chi connectivity index (χ2v) is 6.78. The van der Waals surface area contributed by atoms with Crippen molar-refractivity contribution < 1.29 is 8.42 Å². The van der Waals surface area contributed by atoms with Gasteiger partial charge in [-0.1, -0.05) is 47.5 Å². The highest BCUT2D eigenvalue weighted by Gasteiger charge is 2.30. The average molecular weight is 334 g/mol. The van der Waals surface area contributed by atoms with Crippen LogP contribution in [0.3, 0.4) is 0 Å². The first kappa shape index (κ1) is 15.7. The van der Waals surface area contributed by atoms with Crippen molar-refractivity contribution >= 4 is 26.0 Å². The van der Waals surface area contributed by atoms with Gasteiger partial charge in [-0.15, -0.1) is 0 Å². The molecule has 5 heteroatoms. The summed E-state index contributed by atoms with van der Waals surface area (Å²) in [6.45, 7) is 5.91. The minimum absolute atomic E-state index is 0.320. The van der Waals surface area contributed by atoms with Gasteiger partial charge in [0.2, 0.25) is 10.0 Å². The molecule has 1 rings (SSSR count). The van der Waals surface area contributed by atoms with Crippen LogP contribution < -0.4 is 4.72 Å². The van der Waals surface area contributed by atoms with Gasteiger partial charge < -0.3 is 0 Å². The van der Waals surface area contributed by atoms with Gasteiger partial charge in [-0.05, 0) is 31.9 Å². The van der Waals surface area contributed by atoms with Crippen LogP contribution in [0.4, 0.5) is 0 Å². The van der Waals surface area contributed by atoms with Gasteiger partial charge in [-0.2, -0.15) is 0 Å². The monoisotopic (exact) mass is 333 g/mol. The Morgan fingerprint density at radius 1 is 1.17 bits per heavy atom. The first-order valence-corrected chi connectivity index (χ1v) is 8.66. The van der Waals surface area contributed by atoms with Gasteiger partial charge in [0.05, 0.1) is 4.90 Å². The summed E-state index contributed by atoms with van der Waals surface area (Å²) in [5.74, 6) is 0. The molecule has 0 saturated heterocycles. The van der Waals surface area contributed by atoms with Gasteiger partial charge in [0, 0.05) is 10.9 Å². The molecule has 0 unspecified atom stereocenters. The minimum Gasteiger partial charge on any atom is -0.207 e. The van der Waals surface area contributed by atoms with Crippen molar-refractivity contribution in [2.45, 2.75) is 44.0 Å². The fraction of sp³-hybridized carbons (Fsp3) is 0.538. The SMILES string of the molecule is CCC(CC)(CBr)NS(=O)(=O)c1ccc(C)cc1. The van der Waals surface area contributed by atoms with Crippen molar-refractivity contribution in [1.82, 2.24) is 4.72 Å². The Labute approximate surface area is 118 Å². The zero-order valence-corrected chi connectivity index (χ0v) is 13.4. The standard InChI is InChI=1S/C13H20BrNO2S/c1-4-13(5-2,10-14)15-18(16,17)12-8-6-11(3)7-9-12/h6-9,15H,4-5,10H2,1-3H3. The molecule has 0 radical (unpaired) electrons. The van der Waals surface area contributed by atoms with E-state index in [1.807, 2.05) is 32.9 Å². The van der Waals surface area contributed by atoms with Crippen molar-refractivity contribution in [3.05, 3.63) is 29.8 Å². The van der Waals surface area contributed by atoms with E-state index in [-0.39, 0.29) is 0 Å². The zero-order valence-electron chi connectivity index (χ0n) is 11.0. The van der Waals surface area contributed by atoms with E-state index in [1.165, 1.54) is 0 Å². The molecule has 0 aliphatic heterocycles. The van der Waals surface area contributed by atoms with E-state index in [0.717, 1.165) is 18.4 Å². The van der Waals surface area contributed by atoms with Crippen molar-refractivity contribution in [3.63, 3.8) is 0 Å². The minimum atomic E-state index is -3.45. The van der Waals surface area contributed by atoms with Crippen molar-refractivity contribution in [1.29, 1.82) is 0 Å². The predicted molar refractivity (Wildman–Crippen MR) is 78.6 cm³/mol. The van der Waals surface area contributed by atoms with E-state index >= 15 is 0 Å². The second-order valence-electron chi connectivity index (χ2n) is 4.54. The molecule has 0 aromatic heterocycles. The predicted octanol–water partition coefficient (Wildman–Crippen LogP) is 3.23. The number of rotatable bonds is 6. The average Bonchev–Trinajstić information content (AvgIpc) is 2.37. The molecule has 1 aromatic rings. The van der Waals surface area contributed by atoms with E-state index in [9.17, 15) is 8.42 Å². The second kappa shape index (κ2) is 6.17. The lowest BCUT2D eigenvalue weighted by Crippen LogP contribution is -2.48. The number of nitrogens with one attached hydrogen (secondary N) is 1. The normalized spacial score (nSPS) is 12.7. The third kappa shape index (κ3) is 3.56. The summed E-state index contributed by atoms with van der Waals surface area (Å²) >= 11 is 3.40. The highest BCUT2D eigenvalue weighted by Crippen LogP contribution is 2.22. The van der Waals surface area contributed by atoms with Gasteiger partial charge in [0.15, 0.2) is 0 Å². The smallest absolute Gasteiger partial charge is 0.207 e. The molecule has 102 valence electrons. The molecule has 0 spiro atoms. The van der Waals surface area contributed by atoms with Crippen LogP contribution in [-0.2, 0) is 10.0 Å². The topological polar surface area (TPSA) is 46.2 Å². The van der Waals surface area contributed by atoms with E-state index < -0.39 is 15.6 Å². The van der Waals surface area contributed by atoms with E-state index in [2.05, 4.69) is 20.7 Å². The summed E-state index contributed by atoms with van der Waals surface area (Å²) in [7, 11) is -3.45. The van der Waals surface area contributed by atoms with Gasteiger partial charge in [-0.25, -0.2) is 13.1 Å². The molecular formula is C13H20BrNO2S. The van der Waals surface area contributed by atoms with Gasteiger partial charge >= 0.3 is 0 Å². The summed E-state index contributed by atoms with van der Waals surface area (Å²) in [6.07, 6.45) is 1.50. The molecule has 0 saturated carbocycles. The Morgan fingerprint density at radius 3 is 2.06 bits per heavy atom. The largest absolute Gasteiger partial charge is 0.241 e. The molecule has 18 heavy (non-hydrogen) atoms. The van der Waals surface area contributed by atoms with E-state index in [4.69, 9.17) is 0 Å². The maximum absolute atomic E-state index is 12.3. The number of hydrogen-bond donors (Lipinski definition) is 1. The van der Waals surface area contributed by atoms with Crippen LogP contribution in [0.2, 0.25) is 0 Å². The van der Waals surface area contributed by atoms with Crippen LogP contribution in [0.15, 0.2) is 29.2 Å². The number of alkyl halides is 1. The van der Waals surface area contributed by atoms with Crippen LogP contribution in [0.25, 0.3) is 0 Å². The molecule has 0 fully saturated rings. The highest BCUT2D eigenvalue weighted by atomic mass is 79.9. The molecular weight excluding hydrogens is 314 g/mol. The fourth-order valence-electron chi connectivity index (χ4n) is 1.67. The van der Waals surface area contributed by atoms with Crippen LogP contribution in [0.1, 0.15) is 32.3 Å². The molecule has 0 amide bonds. The lowest BCUT2D eigenvalue weighted by Gasteiger charge is -2.30. The Hall–Kier alpha value is -0.390. The van der Waals surface area contributed by atoms with Crippen LogP contribution >= 0.6 is 15.9 Å². The summed E-state index contributed by atoms with van der Waals surface area (Å²) in [6, 6.07) is 6.90. The Bertz CT molecular complexity index is 470. The highest BCUT2D eigenvalue weighted by molar-refractivity contribution is 9.09. The summed E-state index contributed by atoms with van der Waals surface area (Å²) < 4.78 is 27.4. The first-order valence-electron chi connectivity index (χ1n) is 6.06. The summed E-state index contributed by atoms with van der Waals surface area (Å²) in [5, 5.41) is 0.609. The van der Waals surface area contributed by atoms with Gasteiger partial charge in [0.1, 0.15) is 0 Å². The quantitative estimate of drug-likeness (QED) is 0.812. The molecule has 0 aliphatic rings. The molecule has 1 N–H and O–H groups in total. The molecule has 1 aromatic carbocycles. The Kier molecular flexibility index (Phi) is 5.37. The first-order chi connectivity index (χ1) is 8.39. The van der Waals surface area contributed by atoms with Gasteiger partial charge in [-0.3, -0.25) is 0 Å². The van der Waals surface area contributed by atoms with Crippen molar-refractivity contribution in [2.75, 3.05) is 5.33 Å². The molecule has 0 atom stereocenters. The third-order valence-corrected chi connectivity index (χ3v) is 5.96. The van der Waals surface area contributed by atoms with E-state index in [0.29, 0.717) is 10.2 Å². The van der Waals surface area contributed by atoms with E-state index in [1.54, 1.807) is 12.1 Å². The van der Waals surface area contributed by atoms with Crippen molar-refractivity contribution in [2.24, 2.45) is 0 Å². The zero-order chi connectivity index (χ0) is 13.8. The van der Waals surface area contributed by atoms with Crippen molar-refractivity contribution in [3.8, 4) is 0 Å². The number of sulfonamides is 1.